The van der Waals surface area contributed by atoms with Crippen LogP contribution in [0.15, 0.2) is 11.6 Å². The highest BCUT2D eigenvalue weighted by atomic mass is 16.5. The summed E-state index contributed by atoms with van der Waals surface area (Å²) in [5, 5.41) is 0. The Bertz CT molecular complexity index is 194. The van der Waals surface area contributed by atoms with Crippen molar-refractivity contribution in [3.8, 4) is 0 Å². The molecule has 0 saturated carbocycles. The maximum absolute atomic E-state index is 11.2. The number of esters is 1. The Hall–Kier alpha value is -0.790. The maximum atomic E-state index is 11.2. The van der Waals surface area contributed by atoms with E-state index in [1.54, 1.807) is 0 Å². The highest BCUT2D eigenvalue weighted by Gasteiger charge is 2.15. The van der Waals surface area contributed by atoms with Gasteiger partial charge in [0.05, 0.1) is 6.61 Å². The fourth-order valence-electron chi connectivity index (χ4n) is 1.26. The Morgan fingerprint density at radius 1 is 1.46 bits per heavy atom. The first kappa shape index (κ1) is 10.3. The third-order valence-electron chi connectivity index (χ3n) is 2.30. The molecule has 0 N–H and O–H groups in total. The molecule has 0 unspecified atom stereocenters. The summed E-state index contributed by atoms with van der Waals surface area (Å²) in [7, 11) is 0. The molecule has 1 aliphatic carbocycles. The number of carbonyl (C=O) groups is 1. The first-order valence-electron chi connectivity index (χ1n) is 5.20. The number of carbonyl (C=O) groups excluding carboxylic acids is 1. The van der Waals surface area contributed by atoms with Crippen molar-refractivity contribution in [2.45, 2.75) is 45.4 Å². The van der Waals surface area contributed by atoms with Gasteiger partial charge in [0.25, 0.3) is 0 Å². The van der Waals surface area contributed by atoms with Gasteiger partial charge in [-0.15, -0.1) is 0 Å². The third kappa shape index (κ3) is 3.62. The van der Waals surface area contributed by atoms with Crippen molar-refractivity contribution in [1.82, 2.24) is 0 Å². The lowest BCUT2D eigenvalue weighted by molar-refractivity contribution is -0.139. The molecule has 0 aliphatic heterocycles. The molecule has 0 aromatic heterocycles. The van der Waals surface area contributed by atoms with Gasteiger partial charge in [-0.2, -0.15) is 0 Å². The smallest absolute Gasteiger partial charge is 0.333 e. The minimum absolute atomic E-state index is 0.0947. The van der Waals surface area contributed by atoms with Gasteiger partial charge in [0, 0.05) is 5.57 Å². The topological polar surface area (TPSA) is 26.3 Å². The van der Waals surface area contributed by atoms with Crippen LogP contribution in [0.2, 0.25) is 0 Å². The fourth-order valence-corrected chi connectivity index (χ4v) is 1.26. The van der Waals surface area contributed by atoms with E-state index in [2.05, 4.69) is 6.92 Å². The highest BCUT2D eigenvalue weighted by molar-refractivity contribution is 5.89. The molecule has 0 radical (unpaired) electrons. The first-order valence-corrected chi connectivity index (χ1v) is 5.20. The molecule has 0 aromatic carbocycles. The molecule has 0 atom stereocenters. The van der Waals surface area contributed by atoms with Crippen LogP contribution in [0.25, 0.3) is 0 Å². The second-order valence-corrected chi connectivity index (χ2v) is 3.46. The van der Waals surface area contributed by atoms with E-state index in [9.17, 15) is 4.79 Å². The summed E-state index contributed by atoms with van der Waals surface area (Å²) < 4.78 is 5.09. The lowest BCUT2D eigenvalue weighted by atomic mass is 10.00. The largest absolute Gasteiger partial charge is 0.462 e. The van der Waals surface area contributed by atoms with Gasteiger partial charge in [-0.1, -0.05) is 32.3 Å². The van der Waals surface area contributed by atoms with E-state index in [4.69, 9.17) is 4.74 Å². The summed E-state index contributed by atoms with van der Waals surface area (Å²) in [6, 6.07) is 0. The normalized spacial score (nSPS) is 14.7. The van der Waals surface area contributed by atoms with Crippen molar-refractivity contribution >= 4 is 5.97 Å². The van der Waals surface area contributed by atoms with Gasteiger partial charge >= 0.3 is 5.97 Å². The van der Waals surface area contributed by atoms with E-state index in [0.717, 1.165) is 24.8 Å². The van der Waals surface area contributed by atoms with Gasteiger partial charge in [0.1, 0.15) is 0 Å². The molecule has 0 amide bonds. The van der Waals surface area contributed by atoms with E-state index < -0.39 is 0 Å². The molecule has 0 spiro atoms. The fraction of sp³-hybridized carbons (Fsp3) is 0.727. The predicted octanol–water partition coefficient (Wildman–Crippen LogP) is 2.83. The molecule has 1 rings (SSSR count). The number of ether oxygens (including phenoxy) is 1. The monoisotopic (exact) mass is 182 g/mol. The molecular weight excluding hydrogens is 164 g/mol. The number of hydrogen-bond acceptors (Lipinski definition) is 2. The van der Waals surface area contributed by atoms with Crippen LogP contribution in [0.3, 0.4) is 0 Å². The average molecular weight is 182 g/mol. The number of rotatable bonds is 6. The Morgan fingerprint density at radius 3 is 2.77 bits per heavy atom. The Labute approximate surface area is 80.0 Å². The second kappa shape index (κ2) is 5.79. The van der Waals surface area contributed by atoms with Crippen molar-refractivity contribution in [3.63, 3.8) is 0 Å². The Morgan fingerprint density at radius 2 is 2.23 bits per heavy atom. The molecule has 74 valence electrons. The van der Waals surface area contributed by atoms with Gasteiger partial charge in [0.15, 0.2) is 0 Å². The summed E-state index contributed by atoms with van der Waals surface area (Å²) in [6.45, 7) is 2.77. The van der Waals surface area contributed by atoms with Gasteiger partial charge < -0.3 is 4.74 Å². The van der Waals surface area contributed by atoms with Crippen molar-refractivity contribution < 1.29 is 9.53 Å². The summed E-state index contributed by atoms with van der Waals surface area (Å²) in [6.07, 6.45) is 8.54. The minimum Gasteiger partial charge on any atom is -0.462 e. The van der Waals surface area contributed by atoms with Crippen molar-refractivity contribution in [1.29, 1.82) is 0 Å². The predicted molar refractivity (Wildman–Crippen MR) is 52.4 cm³/mol. The van der Waals surface area contributed by atoms with Crippen LogP contribution in [0.4, 0.5) is 0 Å². The van der Waals surface area contributed by atoms with Crippen LogP contribution in [0.5, 0.6) is 0 Å². The Kier molecular flexibility index (Phi) is 4.58. The SMILES string of the molecule is CCCCCCOC(=O)C1=CCC1. The van der Waals surface area contributed by atoms with Gasteiger partial charge in [0.2, 0.25) is 0 Å². The number of allylic oxidation sites excluding steroid dienone is 1. The van der Waals surface area contributed by atoms with E-state index in [1.807, 2.05) is 6.08 Å². The summed E-state index contributed by atoms with van der Waals surface area (Å²) in [4.78, 5) is 11.2. The standard InChI is InChI=1S/C11H18O2/c1-2-3-4-5-9-13-11(12)10-7-6-8-10/h7H,2-6,8-9H2,1H3. The van der Waals surface area contributed by atoms with Crippen LogP contribution < -0.4 is 0 Å². The molecule has 0 fully saturated rings. The van der Waals surface area contributed by atoms with E-state index in [0.29, 0.717) is 6.61 Å². The average Bonchev–Trinajstić information content (AvgIpc) is 2.01. The van der Waals surface area contributed by atoms with Crippen molar-refractivity contribution in [2.75, 3.05) is 6.61 Å². The molecule has 0 bridgehead atoms. The molecule has 0 aromatic rings. The zero-order valence-electron chi connectivity index (χ0n) is 8.34. The van der Waals surface area contributed by atoms with Crippen LogP contribution in [0.1, 0.15) is 45.4 Å². The molecule has 0 heterocycles. The number of unbranched alkanes of at least 4 members (excludes halogenated alkanes) is 3. The lowest BCUT2D eigenvalue weighted by Crippen LogP contribution is -2.12. The van der Waals surface area contributed by atoms with Gasteiger partial charge in [-0.3, -0.25) is 0 Å². The van der Waals surface area contributed by atoms with Crippen LogP contribution >= 0.6 is 0 Å². The molecule has 1 aliphatic rings. The zero-order valence-corrected chi connectivity index (χ0v) is 8.34. The zero-order chi connectivity index (χ0) is 9.52. The van der Waals surface area contributed by atoms with Crippen LogP contribution in [-0.2, 0) is 9.53 Å². The summed E-state index contributed by atoms with van der Waals surface area (Å²) in [5.74, 6) is -0.0947. The van der Waals surface area contributed by atoms with Gasteiger partial charge in [-0.05, 0) is 19.3 Å². The van der Waals surface area contributed by atoms with Crippen molar-refractivity contribution in [2.24, 2.45) is 0 Å². The third-order valence-corrected chi connectivity index (χ3v) is 2.30. The molecule has 2 nitrogen and oxygen atoms in total. The number of hydrogen-bond donors (Lipinski definition) is 0. The maximum Gasteiger partial charge on any atom is 0.333 e. The van der Waals surface area contributed by atoms with E-state index in [-0.39, 0.29) is 5.97 Å². The Balaban J connectivity index is 1.96. The summed E-state index contributed by atoms with van der Waals surface area (Å²) in [5.41, 5.74) is 0.871. The van der Waals surface area contributed by atoms with Gasteiger partial charge in [-0.25, -0.2) is 4.79 Å². The molecule has 0 saturated heterocycles. The summed E-state index contributed by atoms with van der Waals surface area (Å²) >= 11 is 0. The molecule has 13 heavy (non-hydrogen) atoms. The second-order valence-electron chi connectivity index (χ2n) is 3.46. The first-order chi connectivity index (χ1) is 6.34. The minimum atomic E-state index is -0.0947. The van der Waals surface area contributed by atoms with E-state index >= 15 is 0 Å². The highest BCUT2D eigenvalue weighted by Crippen LogP contribution is 2.18. The quantitative estimate of drug-likeness (QED) is 0.466. The molecular formula is C11H18O2. The lowest BCUT2D eigenvalue weighted by Gasteiger charge is -2.12. The van der Waals surface area contributed by atoms with Crippen LogP contribution in [-0.4, -0.2) is 12.6 Å². The van der Waals surface area contributed by atoms with Crippen LogP contribution in [0, 0.1) is 0 Å². The van der Waals surface area contributed by atoms with Crippen molar-refractivity contribution in [3.05, 3.63) is 11.6 Å². The van der Waals surface area contributed by atoms with E-state index in [1.165, 1.54) is 19.3 Å². The molecule has 2 heteroatoms.